The van der Waals surface area contributed by atoms with Crippen molar-refractivity contribution in [1.82, 2.24) is 20.2 Å². The number of benzene rings is 2. The summed E-state index contributed by atoms with van der Waals surface area (Å²) in [5.41, 5.74) is 6.00. The summed E-state index contributed by atoms with van der Waals surface area (Å²) in [6.45, 7) is 2.11. The van der Waals surface area contributed by atoms with Gasteiger partial charge in [0, 0.05) is 24.3 Å². The predicted octanol–water partition coefficient (Wildman–Crippen LogP) is 4.32. The van der Waals surface area contributed by atoms with Crippen molar-refractivity contribution < 1.29 is 27.4 Å². The maximum atomic E-state index is 13.6. The number of halogens is 3. The number of nitrogens with two attached hydrogens (primary N) is 1. The van der Waals surface area contributed by atoms with E-state index >= 15 is 0 Å². The Balaban J connectivity index is 1.53. The van der Waals surface area contributed by atoms with E-state index in [0.717, 1.165) is 31.5 Å². The number of hydrogen-bond donors (Lipinski definition) is 3. The summed E-state index contributed by atoms with van der Waals surface area (Å²) in [4.78, 5) is 22.7. The maximum Gasteiger partial charge on any atom is 0.423 e. The van der Waals surface area contributed by atoms with E-state index in [1.807, 2.05) is 7.05 Å². The molecule has 1 amide bonds. The van der Waals surface area contributed by atoms with Crippen molar-refractivity contribution in [3.05, 3.63) is 65.4 Å². The van der Waals surface area contributed by atoms with E-state index in [9.17, 15) is 18.0 Å². The molecule has 1 fully saturated rings. The van der Waals surface area contributed by atoms with Crippen molar-refractivity contribution in [3.63, 3.8) is 0 Å². The van der Waals surface area contributed by atoms with E-state index in [1.165, 1.54) is 19.2 Å². The Morgan fingerprint density at radius 1 is 1.16 bits per heavy atom. The van der Waals surface area contributed by atoms with Gasteiger partial charge in [0.15, 0.2) is 0 Å². The van der Waals surface area contributed by atoms with Crippen LogP contribution in [-0.4, -0.2) is 54.1 Å². The number of ether oxygens (including phenoxy) is 2. The Labute approximate surface area is 218 Å². The molecule has 202 valence electrons. The molecule has 1 saturated heterocycles. The molecular formula is C26H29F3N6O3. The van der Waals surface area contributed by atoms with Gasteiger partial charge in [-0.25, -0.2) is 4.98 Å². The van der Waals surface area contributed by atoms with Crippen molar-refractivity contribution in [2.24, 2.45) is 5.73 Å². The van der Waals surface area contributed by atoms with E-state index in [2.05, 4.69) is 25.5 Å². The third kappa shape index (κ3) is 6.69. The quantitative estimate of drug-likeness (QED) is 0.395. The fourth-order valence-electron chi connectivity index (χ4n) is 3.98. The molecule has 2 heterocycles. The highest BCUT2D eigenvalue weighted by Crippen LogP contribution is 2.38. The van der Waals surface area contributed by atoms with Gasteiger partial charge in [0.2, 0.25) is 11.8 Å². The third-order valence-corrected chi connectivity index (χ3v) is 6.20. The molecular weight excluding hydrogens is 501 g/mol. The summed E-state index contributed by atoms with van der Waals surface area (Å²) in [5.74, 6) is -0.581. The first-order chi connectivity index (χ1) is 18.2. The van der Waals surface area contributed by atoms with Crippen LogP contribution < -0.4 is 25.8 Å². The number of carbonyl (C=O) groups is 1. The largest absolute Gasteiger partial charge is 0.495 e. The lowest BCUT2D eigenvalue weighted by molar-refractivity contribution is -0.139. The van der Waals surface area contributed by atoms with Gasteiger partial charge in [-0.2, -0.15) is 18.2 Å². The second kappa shape index (κ2) is 11.7. The topological polar surface area (TPSA) is 115 Å². The van der Waals surface area contributed by atoms with Crippen LogP contribution >= 0.6 is 0 Å². The molecule has 2 aromatic carbocycles. The Morgan fingerprint density at radius 2 is 1.87 bits per heavy atom. The molecule has 0 spiro atoms. The van der Waals surface area contributed by atoms with Crippen LogP contribution in [0.2, 0.25) is 0 Å². The molecule has 9 nitrogen and oxygen atoms in total. The van der Waals surface area contributed by atoms with Crippen LogP contribution in [0.5, 0.6) is 17.4 Å². The van der Waals surface area contributed by atoms with Gasteiger partial charge in [0.1, 0.15) is 17.1 Å². The van der Waals surface area contributed by atoms with Crippen molar-refractivity contribution in [3.8, 4) is 17.4 Å². The average molecular weight is 531 g/mol. The number of anilines is 2. The number of piperidine rings is 1. The summed E-state index contributed by atoms with van der Waals surface area (Å²) in [7, 11) is 3.47. The van der Waals surface area contributed by atoms with Crippen molar-refractivity contribution in [2.75, 3.05) is 32.6 Å². The lowest BCUT2D eigenvalue weighted by atomic mass is 10.0. The van der Waals surface area contributed by atoms with E-state index in [4.69, 9.17) is 15.2 Å². The first-order valence-electron chi connectivity index (χ1n) is 12.0. The smallest absolute Gasteiger partial charge is 0.423 e. The molecule has 1 aliphatic heterocycles. The van der Waals surface area contributed by atoms with E-state index in [0.29, 0.717) is 23.2 Å². The predicted molar refractivity (Wildman–Crippen MR) is 136 cm³/mol. The minimum absolute atomic E-state index is 0.0907. The second-order valence-corrected chi connectivity index (χ2v) is 8.95. The van der Waals surface area contributed by atoms with Crippen LogP contribution in [0.1, 0.15) is 34.3 Å². The van der Waals surface area contributed by atoms with Crippen LogP contribution in [0.25, 0.3) is 0 Å². The first-order valence-corrected chi connectivity index (χ1v) is 12.0. The van der Waals surface area contributed by atoms with E-state index in [-0.39, 0.29) is 30.2 Å². The molecule has 3 aromatic rings. The molecule has 0 unspecified atom stereocenters. The number of nitrogens with one attached hydrogen (secondary N) is 2. The monoisotopic (exact) mass is 530 g/mol. The molecule has 12 heteroatoms. The number of alkyl halides is 3. The standard InChI is InChI=1S/C26H29F3N6O3/c1-35-11-9-18(10-12-35)32-23(36)17-5-8-21(22(13-17)37-2)33-25-31-15-20(26(27,28)29)24(34-25)38-19-6-3-16(14-30)4-7-19/h3-8,13,15,18H,9-12,14,30H2,1-2H3,(H,32,36)(H,31,33,34). The van der Waals surface area contributed by atoms with Crippen LogP contribution in [0.15, 0.2) is 48.7 Å². The number of aromatic nitrogens is 2. The number of rotatable bonds is 8. The Hall–Kier alpha value is -3.90. The van der Waals surface area contributed by atoms with Crippen LogP contribution in [0.4, 0.5) is 24.8 Å². The normalized spacial score (nSPS) is 14.7. The fourth-order valence-corrected chi connectivity index (χ4v) is 3.98. The number of amides is 1. The summed E-state index contributed by atoms with van der Waals surface area (Å²) in [6.07, 6.45) is -2.35. The van der Waals surface area contributed by atoms with E-state index in [1.54, 1.807) is 30.3 Å². The van der Waals surface area contributed by atoms with Gasteiger partial charge in [-0.05, 0) is 68.9 Å². The molecule has 0 atom stereocenters. The zero-order chi connectivity index (χ0) is 27.3. The number of nitrogens with zero attached hydrogens (tertiary/aromatic N) is 3. The molecule has 0 radical (unpaired) electrons. The van der Waals surface area contributed by atoms with Crippen molar-refractivity contribution in [1.29, 1.82) is 0 Å². The molecule has 0 aliphatic carbocycles. The zero-order valence-electron chi connectivity index (χ0n) is 21.0. The number of hydrogen-bond acceptors (Lipinski definition) is 8. The molecule has 0 saturated carbocycles. The minimum Gasteiger partial charge on any atom is -0.495 e. The summed E-state index contributed by atoms with van der Waals surface area (Å²) >= 11 is 0. The van der Waals surface area contributed by atoms with Crippen molar-refractivity contribution in [2.45, 2.75) is 31.6 Å². The number of carbonyl (C=O) groups excluding carboxylic acids is 1. The van der Waals surface area contributed by atoms with Gasteiger partial charge in [-0.3, -0.25) is 4.79 Å². The minimum atomic E-state index is -4.73. The first kappa shape index (κ1) is 27.1. The molecule has 1 aliphatic rings. The summed E-state index contributed by atoms with van der Waals surface area (Å²) in [5, 5.41) is 5.89. The van der Waals surface area contributed by atoms with Gasteiger partial charge in [-0.15, -0.1) is 0 Å². The summed E-state index contributed by atoms with van der Waals surface area (Å²) in [6, 6.07) is 11.1. The summed E-state index contributed by atoms with van der Waals surface area (Å²) < 4.78 is 51.7. The van der Waals surface area contributed by atoms with Gasteiger partial charge < -0.3 is 30.7 Å². The van der Waals surface area contributed by atoms with Crippen LogP contribution in [-0.2, 0) is 12.7 Å². The highest BCUT2D eigenvalue weighted by molar-refractivity contribution is 5.95. The lowest BCUT2D eigenvalue weighted by Crippen LogP contribution is -2.43. The van der Waals surface area contributed by atoms with Crippen LogP contribution in [0, 0.1) is 0 Å². The molecule has 4 N–H and O–H groups in total. The molecule has 4 rings (SSSR count). The maximum absolute atomic E-state index is 13.6. The third-order valence-electron chi connectivity index (χ3n) is 6.20. The van der Waals surface area contributed by atoms with Gasteiger partial charge in [0.25, 0.3) is 5.91 Å². The Morgan fingerprint density at radius 3 is 2.50 bits per heavy atom. The fraction of sp³-hybridized carbons (Fsp3) is 0.346. The molecule has 0 bridgehead atoms. The van der Waals surface area contributed by atoms with Crippen LogP contribution in [0.3, 0.4) is 0 Å². The number of likely N-dealkylation sites (tertiary alicyclic amines) is 1. The zero-order valence-corrected chi connectivity index (χ0v) is 21.0. The van der Waals surface area contributed by atoms with Gasteiger partial charge >= 0.3 is 6.18 Å². The average Bonchev–Trinajstić information content (AvgIpc) is 2.90. The van der Waals surface area contributed by atoms with Gasteiger partial charge in [0.05, 0.1) is 12.8 Å². The number of methoxy groups -OCH3 is 1. The lowest BCUT2D eigenvalue weighted by Gasteiger charge is -2.29. The molecule has 1 aromatic heterocycles. The molecule has 38 heavy (non-hydrogen) atoms. The highest BCUT2D eigenvalue weighted by Gasteiger charge is 2.36. The Kier molecular flexibility index (Phi) is 8.32. The SMILES string of the molecule is COc1cc(C(=O)NC2CCN(C)CC2)ccc1Nc1ncc(C(F)(F)F)c(Oc2ccc(CN)cc2)n1. The van der Waals surface area contributed by atoms with Gasteiger partial charge in [-0.1, -0.05) is 12.1 Å². The highest BCUT2D eigenvalue weighted by atomic mass is 19.4. The second-order valence-electron chi connectivity index (χ2n) is 8.95. The van der Waals surface area contributed by atoms with E-state index < -0.39 is 17.6 Å². The van der Waals surface area contributed by atoms with Crippen molar-refractivity contribution >= 4 is 17.5 Å². The Bertz CT molecular complexity index is 1260.